The van der Waals surface area contributed by atoms with Gasteiger partial charge in [0.05, 0.1) is 6.04 Å². The molecule has 1 unspecified atom stereocenters. The number of primary amides is 1. The Kier molecular flexibility index (Phi) is 8.54. The molecule has 11 heteroatoms. The minimum atomic E-state index is -0.653. The second-order valence-electron chi connectivity index (χ2n) is 12.3. The first-order valence-electron chi connectivity index (χ1n) is 15.7. The van der Waals surface area contributed by atoms with Crippen molar-refractivity contribution in [2.24, 2.45) is 11.7 Å². The summed E-state index contributed by atoms with van der Waals surface area (Å²) < 4.78 is 6.47. The first-order valence-corrected chi connectivity index (χ1v) is 15.7. The standard InChI is InChI=1S/C32H44N8O3/c1-4-25-32(43-29-21-6-11-26(29)40(20-21)27(41)5-2)36-31(28(35-25)30(33)42)34-22-7-9-23(10-8-22)38-14-12-24(13-15-38)39-18-16-37(3)17-19-39/h5,7-10,21,24,26,29H,2,4,6,11-20H2,1,3H3,(H2,33,42)(H,34,36)/t21-,26-,29?/m1/s1. The summed E-state index contributed by atoms with van der Waals surface area (Å²) >= 11 is 0. The molecule has 1 saturated carbocycles. The summed E-state index contributed by atoms with van der Waals surface area (Å²) in [5.74, 6) is 0.151. The van der Waals surface area contributed by atoms with E-state index in [0.717, 1.165) is 44.7 Å². The first kappa shape index (κ1) is 29.4. The molecule has 230 valence electrons. The van der Waals surface area contributed by atoms with E-state index >= 15 is 0 Å². The van der Waals surface area contributed by atoms with Crippen LogP contribution in [-0.4, -0.2) is 108 Å². The molecule has 1 aliphatic carbocycles. The number of likely N-dealkylation sites (N-methyl/N-ethyl adjacent to an activating group) is 1. The number of ether oxygens (including phenoxy) is 1. The van der Waals surface area contributed by atoms with Crippen LogP contribution in [0.1, 0.15) is 48.8 Å². The lowest BCUT2D eigenvalue weighted by Gasteiger charge is -2.42. The Bertz CT molecular complexity index is 1330. The van der Waals surface area contributed by atoms with Gasteiger partial charge >= 0.3 is 0 Å². The van der Waals surface area contributed by atoms with E-state index in [0.29, 0.717) is 30.6 Å². The zero-order valence-corrected chi connectivity index (χ0v) is 25.4. The number of nitrogens with two attached hydrogens (primary N) is 1. The molecule has 11 nitrogen and oxygen atoms in total. The van der Waals surface area contributed by atoms with Gasteiger partial charge in [0.1, 0.15) is 11.8 Å². The van der Waals surface area contributed by atoms with Crippen LogP contribution < -0.4 is 20.7 Å². The molecule has 4 fully saturated rings. The Morgan fingerprint density at radius 3 is 2.42 bits per heavy atom. The van der Waals surface area contributed by atoms with Gasteiger partial charge in [-0.2, -0.15) is 4.98 Å². The molecule has 1 aromatic heterocycles. The van der Waals surface area contributed by atoms with Crippen molar-refractivity contribution in [3.63, 3.8) is 0 Å². The first-order chi connectivity index (χ1) is 20.8. The fourth-order valence-electron chi connectivity index (χ4n) is 7.23. The molecule has 6 rings (SSSR count). The van der Waals surface area contributed by atoms with Crippen molar-refractivity contribution in [1.82, 2.24) is 24.7 Å². The largest absolute Gasteiger partial charge is 0.470 e. The summed E-state index contributed by atoms with van der Waals surface area (Å²) in [7, 11) is 2.20. The average Bonchev–Trinajstić information content (AvgIpc) is 3.58. The number of hydrogen-bond acceptors (Lipinski definition) is 9. The number of piperidine rings is 2. The summed E-state index contributed by atoms with van der Waals surface area (Å²) in [6.45, 7) is 13.0. The maximum atomic E-state index is 12.4. The van der Waals surface area contributed by atoms with E-state index in [1.54, 1.807) is 0 Å². The SMILES string of the molecule is C=CC(=O)N1C[C@H]2CC[C@@H]1C2Oc1nc(Nc2ccc(N3CCC(N4CCN(C)CC4)CC3)cc2)c(C(N)=O)nc1CC. The number of amides is 2. The van der Waals surface area contributed by atoms with Crippen LogP contribution in [-0.2, 0) is 11.2 Å². The lowest BCUT2D eigenvalue weighted by molar-refractivity contribution is -0.128. The number of hydrogen-bond donors (Lipinski definition) is 2. The third kappa shape index (κ3) is 6.05. The quantitative estimate of drug-likeness (QED) is 0.426. The molecule has 2 aromatic rings. The van der Waals surface area contributed by atoms with Crippen molar-refractivity contribution in [2.45, 2.75) is 57.2 Å². The second-order valence-corrected chi connectivity index (χ2v) is 12.3. The third-order valence-corrected chi connectivity index (χ3v) is 9.73. The molecule has 3 N–H and O–H groups in total. The van der Waals surface area contributed by atoms with Gasteiger partial charge in [-0.05, 0) is 69.5 Å². The van der Waals surface area contributed by atoms with E-state index in [4.69, 9.17) is 15.5 Å². The number of aryl methyl sites for hydroxylation is 1. The lowest BCUT2D eigenvalue weighted by atomic mass is 10.0. The van der Waals surface area contributed by atoms with Gasteiger partial charge in [0.25, 0.3) is 5.91 Å². The smallest absolute Gasteiger partial charge is 0.271 e. The predicted molar refractivity (Wildman–Crippen MR) is 167 cm³/mol. The molecular formula is C32H44N8O3. The van der Waals surface area contributed by atoms with Crippen LogP contribution in [0.3, 0.4) is 0 Å². The molecule has 0 radical (unpaired) electrons. The molecule has 4 heterocycles. The molecule has 3 atom stereocenters. The Morgan fingerprint density at radius 1 is 1.05 bits per heavy atom. The number of aromatic nitrogens is 2. The monoisotopic (exact) mass is 588 g/mol. The number of nitrogens with zero attached hydrogens (tertiary/aromatic N) is 6. The number of anilines is 3. The van der Waals surface area contributed by atoms with Crippen molar-refractivity contribution in [1.29, 1.82) is 0 Å². The molecule has 2 bridgehead atoms. The van der Waals surface area contributed by atoms with Gasteiger partial charge in [-0.25, -0.2) is 4.98 Å². The van der Waals surface area contributed by atoms with Gasteiger partial charge < -0.3 is 30.5 Å². The Morgan fingerprint density at radius 2 is 1.77 bits per heavy atom. The maximum absolute atomic E-state index is 12.4. The van der Waals surface area contributed by atoms with Crippen LogP contribution >= 0.6 is 0 Å². The number of benzene rings is 1. The molecule has 4 aliphatic rings. The third-order valence-electron chi connectivity index (χ3n) is 9.73. The van der Waals surface area contributed by atoms with Crippen molar-refractivity contribution in [3.8, 4) is 5.88 Å². The highest BCUT2D eigenvalue weighted by atomic mass is 16.5. The van der Waals surface area contributed by atoms with E-state index in [1.165, 1.54) is 37.7 Å². The van der Waals surface area contributed by atoms with Crippen molar-refractivity contribution in [2.75, 3.05) is 63.1 Å². The molecular weight excluding hydrogens is 544 g/mol. The van der Waals surface area contributed by atoms with Crippen LogP contribution in [0.25, 0.3) is 0 Å². The zero-order valence-electron chi connectivity index (χ0n) is 25.4. The summed E-state index contributed by atoms with van der Waals surface area (Å²) in [6, 6.07) is 8.86. The van der Waals surface area contributed by atoms with Crippen LogP contribution in [0, 0.1) is 5.92 Å². The number of piperazine rings is 1. The molecule has 3 aliphatic heterocycles. The summed E-state index contributed by atoms with van der Waals surface area (Å²) in [4.78, 5) is 43.4. The highest BCUT2D eigenvalue weighted by Gasteiger charge is 2.50. The zero-order chi connectivity index (χ0) is 30.1. The normalized spacial score (nSPS) is 24.7. The molecule has 1 aromatic carbocycles. The number of nitrogens with one attached hydrogen (secondary N) is 1. The summed E-state index contributed by atoms with van der Waals surface area (Å²) in [5, 5.41) is 3.27. The Balaban J connectivity index is 1.14. The maximum Gasteiger partial charge on any atom is 0.271 e. The lowest BCUT2D eigenvalue weighted by Crippen LogP contribution is -2.52. The topological polar surface area (TPSA) is 120 Å². The highest BCUT2D eigenvalue weighted by Crippen LogP contribution is 2.41. The number of rotatable bonds is 9. The van der Waals surface area contributed by atoms with E-state index in [2.05, 4.69) is 50.8 Å². The number of carbonyl (C=O) groups excluding carboxylic acids is 2. The molecule has 43 heavy (non-hydrogen) atoms. The van der Waals surface area contributed by atoms with Crippen LogP contribution in [0.5, 0.6) is 5.88 Å². The van der Waals surface area contributed by atoms with Crippen molar-refractivity contribution >= 4 is 29.0 Å². The van der Waals surface area contributed by atoms with Gasteiger partial charge in [0.15, 0.2) is 11.5 Å². The molecule has 0 spiro atoms. The minimum Gasteiger partial charge on any atom is -0.470 e. The van der Waals surface area contributed by atoms with E-state index < -0.39 is 5.91 Å². The average molecular weight is 589 g/mol. The van der Waals surface area contributed by atoms with Gasteiger partial charge in [-0.1, -0.05) is 13.5 Å². The van der Waals surface area contributed by atoms with E-state index in [-0.39, 0.29) is 35.5 Å². The Labute approximate surface area is 254 Å². The fraction of sp³-hybridized carbons (Fsp3) is 0.562. The Hall–Kier alpha value is -3.70. The summed E-state index contributed by atoms with van der Waals surface area (Å²) in [5.41, 5.74) is 8.35. The van der Waals surface area contributed by atoms with E-state index in [9.17, 15) is 9.59 Å². The van der Waals surface area contributed by atoms with Crippen LogP contribution in [0.4, 0.5) is 17.2 Å². The van der Waals surface area contributed by atoms with Gasteiger partial charge in [-0.3, -0.25) is 14.5 Å². The number of fused-ring (bicyclic) bond motifs is 2. The van der Waals surface area contributed by atoms with E-state index in [1.807, 2.05) is 24.0 Å². The van der Waals surface area contributed by atoms with Gasteiger partial charge in [0, 0.05) is 69.1 Å². The van der Waals surface area contributed by atoms with Gasteiger partial charge in [0.2, 0.25) is 11.8 Å². The number of likely N-dealkylation sites (tertiary alicyclic amines) is 1. The van der Waals surface area contributed by atoms with Crippen molar-refractivity contribution in [3.05, 3.63) is 48.3 Å². The number of carbonyl (C=O) groups is 2. The van der Waals surface area contributed by atoms with Gasteiger partial charge in [-0.15, -0.1) is 0 Å². The summed E-state index contributed by atoms with van der Waals surface area (Å²) in [6.07, 6.45) is 5.95. The minimum absolute atomic E-state index is 0.0200. The second kappa shape index (κ2) is 12.5. The highest BCUT2D eigenvalue weighted by molar-refractivity contribution is 5.96. The molecule has 2 amide bonds. The fourth-order valence-corrected chi connectivity index (χ4v) is 7.23. The van der Waals surface area contributed by atoms with Crippen LogP contribution in [0.2, 0.25) is 0 Å². The van der Waals surface area contributed by atoms with Crippen LogP contribution in [0.15, 0.2) is 36.9 Å². The molecule has 3 saturated heterocycles. The van der Waals surface area contributed by atoms with Crippen molar-refractivity contribution < 1.29 is 14.3 Å². The predicted octanol–water partition coefficient (Wildman–Crippen LogP) is 2.65.